The van der Waals surface area contributed by atoms with Gasteiger partial charge in [0.05, 0.1) is 25.0 Å². The molecule has 0 amide bonds. The molecule has 0 atom stereocenters. The largest absolute Gasteiger partial charge is 0.497 e. The zero-order valence-corrected chi connectivity index (χ0v) is 14.0. The Morgan fingerprint density at radius 2 is 1.96 bits per heavy atom. The van der Waals surface area contributed by atoms with Crippen LogP contribution in [0.5, 0.6) is 17.2 Å². The van der Waals surface area contributed by atoms with E-state index in [4.69, 9.17) is 19.2 Å². The van der Waals surface area contributed by atoms with Crippen molar-refractivity contribution in [3.8, 4) is 17.2 Å². The average Bonchev–Trinajstić information content (AvgIpc) is 2.76. The number of nitrogens with zero attached hydrogens (tertiary/aromatic N) is 1. The van der Waals surface area contributed by atoms with Crippen LogP contribution in [0.25, 0.3) is 0 Å². The fraction of sp³-hybridized carbons (Fsp3) is 0.263. The van der Waals surface area contributed by atoms with Gasteiger partial charge in [-0.1, -0.05) is 6.92 Å². The first-order chi connectivity index (χ1) is 11.7. The monoisotopic (exact) mass is 325 g/mol. The minimum absolute atomic E-state index is 0.334. The topological polar surface area (TPSA) is 57.1 Å². The predicted molar refractivity (Wildman–Crippen MR) is 92.0 cm³/mol. The summed E-state index contributed by atoms with van der Waals surface area (Å²) in [6.45, 7) is 4.15. The van der Waals surface area contributed by atoms with Gasteiger partial charge in [-0.25, -0.2) is 9.79 Å². The Kier molecular flexibility index (Phi) is 4.51. The van der Waals surface area contributed by atoms with Crippen molar-refractivity contribution in [1.82, 2.24) is 0 Å². The molecule has 0 saturated heterocycles. The van der Waals surface area contributed by atoms with Gasteiger partial charge in [-0.2, -0.15) is 0 Å². The van der Waals surface area contributed by atoms with Crippen molar-refractivity contribution in [3.63, 3.8) is 0 Å². The summed E-state index contributed by atoms with van der Waals surface area (Å²) in [5, 5.41) is 0. The molecule has 1 aliphatic heterocycles. The van der Waals surface area contributed by atoms with Crippen LogP contribution >= 0.6 is 0 Å². The van der Waals surface area contributed by atoms with E-state index in [2.05, 4.69) is 0 Å². The molecule has 1 aliphatic rings. The predicted octanol–water partition coefficient (Wildman–Crippen LogP) is 4.51. The number of aliphatic imine (C=N–C) groups is 1. The molecule has 0 aromatic heterocycles. The molecule has 1 heterocycles. The van der Waals surface area contributed by atoms with Gasteiger partial charge in [0, 0.05) is 11.6 Å². The van der Waals surface area contributed by atoms with Crippen LogP contribution in [0.15, 0.2) is 41.4 Å². The number of carbonyl (C=O) groups is 1. The molecule has 2 aromatic carbocycles. The van der Waals surface area contributed by atoms with Gasteiger partial charge in [-0.05, 0) is 43.7 Å². The molecular weight excluding hydrogens is 306 g/mol. The van der Waals surface area contributed by atoms with Gasteiger partial charge in [0.25, 0.3) is 0 Å². The van der Waals surface area contributed by atoms with Gasteiger partial charge >= 0.3 is 5.97 Å². The number of carbonyl (C=O) groups excluding carboxylic acids is 1. The number of rotatable bonds is 4. The third kappa shape index (κ3) is 2.97. The van der Waals surface area contributed by atoms with E-state index in [1.807, 2.05) is 25.1 Å². The second kappa shape index (κ2) is 6.74. The molecule has 2 aromatic rings. The minimum Gasteiger partial charge on any atom is -0.497 e. The van der Waals surface area contributed by atoms with Crippen LogP contribution in [0, 0.1) is 0 Å². The molecule has 0 unspecified atom stereocenters. The third-order valence-electron chi connectivity index (χ3n) is 3.78. The van der Waals surface area contributed by atoms with Gasteiger partial charge in [-0.15, -0.1) is 0 Å². The second-order valence-electron chi connectivity index (χ2n) is 5.28. The van der Waals surface area contributed by atoms with Gasteiger partial charge in [0.1, 0.15) is 17.2 Å². The van der Waals surface area contributed by atoms with Crippen molar-refractivity contribution in [3.05, 3.63) is 47.5 Å². The van der Waals surface area contributed by atoms with Gasteiger partial charge in [-0.3, -0.25) is 0 Å². The quantitative estimate of drug-likeness (QED) is 0.776. The van der Waals surface area contributed by atoms with Crippen LogP contribution < -0.4 is 9.47 Å². The number of benzene rings is 2. The van der Waals surface area contributed by atoms with Crippen molar-refractivity contribution in [1.29, 1.82) is 0 Å². The van der Waals surface area contributed by atoms with Gasteiger partial charge in [0.15, 0.2) is 5.75 Å². The van der Waals surface area contributed by atoms with Crippen LogP contribution in [0.3, 0.4) is 0 Å². The van der Waals surface area contributed by atoms with Crippen molar-refractivity contribution < 1.29 is 19.0 Å². The standard InChI is InChI=1S/C19H19NO4/c1-4-15-14-8-7-13(22-3)11-18(14)24-17-9-6-12(10-16(17)20-15)19(21)23-5-2/h6-11H,4-5H2,1-3H3. The zero-order chi connectivity index (χ0) is 17.1. The molecule has 3 rings (SSSR count). The maximum Gasteiger partial charge on any atom is 0.338 e. The molecule has 0 radical (unpaired) electrons. The smallest absolute Gasteiger partial charge is 0.338 e. The maximum atomic E-state index is 11.9. The minimum atomic E-state index is -0.364. The van der Waals surface area contributed by atoms with E-state index < -0.39 is 0 Å². The highest BCUT2D eigenvalue weighted by Crippen LogP contribution is 2.40. The van der Waals surface area contributed by atoms with Gasteiger partial charge in [0.2, 0.25) is 0 Å². The van der Waals surface area contributed by atoms with Crippen molar-refractivity contribution in [2.45, 2.75) is 20.3 Å². The van der Waals surface area contributed by atoms with E-state index in [9.17, 15) is 4.79 Å². The normalized spacial score (nSPS) is 12.2. The summed E-state index contributed by atoms with van der Waals surface area (Å²) in [6, 6.07) is 10.8. The van der Waals surface area contributed by atoms with Crippen molar-refractivity contribution in [2.75, 3.05) is 13.7 Å². The summed E-state index contributed by atoms with van der Waals surface area (Å²) in [4.78, 5) is 16.6. The summed E-state index contributed by atoms with van der Waals surface area (Å²) >= 11 is 0. The Balaban J connectivity index is 2.09. The fourth-order valence-electron chi connectivity index (χ4n) is 2.58. The van der Waals surface area contributed by atoms with Gasteiger partial charge < -0.3 is 14.2 Å². The Hall–Kier alpha value is -2.82. The molecule has 0 aliphatic carbocycles. The third-order valence-corrected chi connectivity index (χ3v) is 3.78. The zero-order valence-electron chi connectivity index (χ0n) is 14.0. The van der Waals surface area contributed by atoms with Crippen LogP contribution in [0.2, 0.25) is 0 Å². The van der Waals surface area contributed by atoms with E-state index in [-0.39, 0.29) is 5.97 Å². The SMILES string of the molecule is CCOC(=O)c1ccc2c(c1)N=C(CC)c1ccc(OC)cc1O2. The Morgan fingerprint density at radius 3 is 2.67 bits per heavy atom. The number of hydrogen-bond donors (Lipinski definition) is 0. The molecule has 0 spiro atoms. The van der Waals surface area contributed by atoms with Crippen molar-refractivity contribution in [2.24, 2.45) is 4.99 Å². The Labute approximate surface area is 140 Å². The Morgan fingerprint density at radius 1 is 1.12 bits per heavy atom. The van der Waals surface area contributed by atoms with Crippen LogP contribution in [0.1, 0.15) is 36.2 Å². The highest BCUT2D eigenvalue weighted by Gasteiger charge is 2.19. The van der Waals surface area contributed by atoms with E-state index in [0.717, 1.165) is 23.4 Å². The lowest BCUT2D eigenvalue weighted by Crippen LogP contribution is -2.04. The first kappa shape index (κ1) is 16.1. The first-order valence-corrected chi connectivity index (χ1v) is 7.91. The van der Waals surface area contributed by atoms with Crippen molar-refractivity contribution >= 4 is 17.4 Å². The molecular formula is C19H19NO4. The molecule has 24 heavy (non-hydrogen) atoms. The second-order valence-corrected chi connectivity index (χ2v) is 5.28. The summed E-state index contributed by atoms with van der Waals surface area (Å²) in [5.74, 6) is 1.64. The molecule has 5 nitrogen and oxygen atoms in total. The Bertz CT molecular complexity index is 811. The summed E-state index contributed by atoms with van der Waals surface area (Å²) in [5.41, 5.74) is 2.90. The van der Waals surface area contributed by atoms with Crippen LogP contribution in [-0.2, 0) is 4.74 Å². The number of hydrogen-bond acceptors (Lipinski definition) is 5. The highest BCUT2D eigenvalue weighted by molar-refractivity contribution is 6.05. The molecule has 124 valence electrons. The lowest BCUT2D eigenvalue weighted by molar-refractivity contribution is 0.0526. The molecule has 0 saturated carbocycles. The lowest BCUT2D eigenvalue weighted by atomic mass is 10.1. The molecule has 0 fully saturated rings. The lowest BCUT2D eigenvalue weighted by Gasteiger charge is -2.11. The summed E-state index contributed by atoms with van der Waals surface area (Å²) in [7, 11) is 1.62. The maximum absolute atomic E-state index is 11.9. The van der Waals surface area contributed by atoms with E-state index in [1.54, 1.807) is 32.2 Å². The van der Waals surface area contributed by atoms with E-state index in [0.29, 0.717) is 29.4 Å². The number of ether oxygens (including phenoxy) is 3. The highest BCUT2D eigenvalue weighted by atomic mass is 16.5. The molecule has 0 bridgehead atoms. The number of methoxy groups -OCH3 is 1. The number of esters is 1. The van der Waals surface area contributed by atoms with Crippen LogP contribution in [0.4, 0.5) is 5.69 Å². The van der Waals surface area contributed by atoms with E-state index >= 15 is 0 Å². The fourth-order valence-corrected chi connectivity index (χ4v) is 2.58. The number of fused-ring (bicyclic) bond motifs is 2. The summed E-state index contributed by atoms with van der Waals surface area (Å²) < 4.78 is 16.4. The van der Waals surface area contributed by atoms with E-state index in [1.165, 1.54) is 0 Å². The summed E-state index contributed by atoms with van der Waals surface area (Å²) in [6.07, 6.45) is 0.742. The van der Waals surface area contributed by atoms with Crippen LogP contribution in [-0.4, -0.2) is 25.4 Å². The molecule has 5 heteroatoms. The molecule has 0 N–H and O–H groups in total. The average molecular weight is 325 g/mol. The first-order valence-electron chi connectivity index (χ1n) is 7.91.